The molecular weight excluding hydrogens is 412 g/mol. The molecule has 7 heteroatoms. The molecule has 168 valence electrons. The van der Waals surface area contributed by atoms with Gasteiger partial charge >= 0.3 is 0 Å². The predicted molar refractivity (Wildman–Crippen MR) is 124 cm³/mol. The number of anilines is 1. The zero-order valence-electron chi connectivity index (χ0n) is 19.1. The fraction of sp³-hybridized carbons (Fsp3) is 0.458. The molecule has 1 aliphatic rings. The fourth-order valence-electron chi connectivity index (χ4n) is 4.08. The second-order valence-electron chi connectivity index (χ2n) is 8.92. The standard InChI is InChI=1S/C24H32N2O4S/c1-7-18-9-11-19(12-10-18)26(31(6,28)29)17(3)23(27)25-21-15-24(4,5)30-22-13-8-16(2)14-20(21)22/h8-14,17,21H,7,15H2,1-6H3,(H,25,27). The van der Waals surface area contributed by atoms with Gasteiger partial charge < -0.3 is 10.1 Å². The molecular formula is C24H32N2O4S. The Morgan fingerprint density at radius 1 is 1.23 bits per heavy atom. The molecule has 6 nitrogen and oxygen atoms in total. The number of carbonyl (C=O) groups is 1. The van der Waals surface area contributed by atoms with E-state index < -0.39 is 21.7 Å². The molecule has 1 heterocycles. The van der Waals surface area contributed by atoms with E-state index in [9.17, 15) is 13.2 Å². The van der Waals surface area contributed by atoms with Crippen LogP contribution in [-0.4, -0.2) is 32.2 Å². The van der Waals surface area contributed by atoms with Gasteiger partial charge in [0.25, 0.3) is 0 Å². The van der Waals surface area contributed by atoms with Crippen molar-refractivity contribution < 1.29 is 17.9 Å². The van der Waals surface area contributed by atoms with Crippen LogP contribution in [0.4, 0.5) is 5.69 Å². The van der Waals surface area contributed by atoms with Crippen molar-refractivity contribution in [3.63, 3.8) is 0 Å². The van der Waals surface area contributed by atoms with E-state index in [2.05, 4.69) is 5.32 Å². The van der Waals surface area contributed by atoms with Crippen LogP contribution in [0.15, 0.2) is 42.5 Å². The number of nitrogens with one attached hydrogen (secondary N) is 1. The normalized spacial score (nSPS) is 18.5. The van der Waals surface area contributed by atoms with Gasteiger partial charge in [-0.1, -0.05) is 36.8 Å². The highest BCUT2D eigenvalue weighted by Gasteiger charge is 2.37. The number of fused-ring (bicyclic) bond motifs is 1. The lowest BCUT2D eigenvalue weighted by Crippen LogP contribution is -2.50. The van der Waals surface area contributed by atoms with Crippen molar-refractivity contribution in [1.82, 2.24) is 5.32 Å². The van der Waals surface area contributed by atoms with Gasteiger partial charge in [-0.05, 0) is 57.9 Å². The Morgan fingerprint density at radius 2 is 1.87 bits per heavy atom. The first kappa shape index (κ1) is 23.1. The van der Waals surface area contributed by atoms with Crippen molar-refractivity contribution in [2.45, 2.75) is 65.1 Å². The summed E-state index contributed by atoms with van der Waals surface area (Å²) in [5, 5.41) is 3.08. The number of rotatable bonds is 6. The molecule has 1 N–H and O–H groups in total. The van der Waals surface area contributed by atoms with E-state index in [0.29, 0.717) is 12.1 Å². The quantitative estimate of drug-likeness (QED) is 0.727. The number of aryl methyl sites for hydroxylation is 2. The van der Waals surface area contributed by atoms with E-state index in [1.54, 1.807) is 19.1 Å². The number of carbonyl (C=O) groups excluding carboxylic acids is 1. The number of ether oxygens (including phenoxy) is 1. The van der Waals surface area contributed by atoms with Gasteiger partial charge in [-0.15, -0.1) is 0 Å². The Hall–Kier alpha value is -2.54. The molecule has 0 saturated heterocycles. The summed E-state index contributed by atoms with van der Waals surface area (Å²) < 4.78 is 32.5. The van der Waals surface area contributed by atoms with Crippen molar-refractivity contribution in [1.29, 1.82) is 0 Å². The topological polar surface area (TPSA) is 75.7 Å². The number of sulfonamides is 1. The number of nitrogens with zero attached hydrogens (tertiary/aromatic N) is 1. The van der Waals surface area contributed by atoms with Gasteiger partial charge in [0.1, 0.15) is 17.4 Å². The summed E-state index contributed by atoms with van der Waals surface area (Å²) in [5.41, 5.74) is 3.12. The molecule has 2 unspecified atom stereocenters. The van der Waals surface area contributed by atoms with Crippen LogP contribution < -0.4 is 14.4 Å². The van der Waals surface area contributed by atoms with Crippen molar-refractivity contribution in [2.75, 3.05) is 10.6 Å². The van der Waals surface area contributed by atoms with Crippen molar-refractivity contribution >= 4 is 21.6 Å². The molecule has 2 atom stereocenters. The van der Waals surface area contributed by atoms with Crippen LogP contribution in [0.1, 0.15) is 56.8 Å². The van der Waals surface area contributed by atoms with Crippen LogP contribution in [0, 0.1) is 6.92 Å². The monoisotopic (exact) mass is 444 g/mol. The summed E-state index contributed by atoms with van der Waals surface area (Å²) >= 11 is 0. The molecule has 2 aromatic rings. The second-order valence-corrected chi connectivity index (χ2v) is 10.8. The van der Waals surface area contributed by atoms with Crippen molar-refractivity contribution in [2.24, 2.45) is 0 Å². The average molecular weight is 445 g/mol. The molecule has 0 radical (unpaired) electrons. The molecule has 1 amide bonds. The van der Waals surface area contributed by atoms with Gasteiger partial charge in [0, 0.05) is 12.0 Å². The molecule has 31 heavy (non-hydrogen) atoms. The van der Waals surface area contributed by atoms with Crippen LogP contribution >= 0.6 is 0 Å². The highest BCUT2D eigenvalue weighted by atomic mass is 32.2. The van der Waals surface area contributed by atoms with Crippen LogP contribution in [0.25, 0.3) is 0 Å². The minimum Gasteiger partial charge on any atom is -0.487 e. The van der Waals surface area contributed by atoms with E-state index in [4.69, 9.17) is 4.74 Å². The lowest BCUT2D eigenvalue weighted by Gasteiger charge is -2.39. The average Bonchev–Trinajstić information content (AvgIpc) is 2.67. The fourth-order valence-corrected chi connectivity index (χ4v) is 5.26. The van der Waals surface area contributed by atoms with E-state index in [1.165, 1.54) is 4.31 Å². The second kappa shape index (κ2) is 8.54. The maximum Gasteiger partial charge on any atom is 0.244 e. The van der Waals surface area contributed by atoms with Crippen LogP contribution in [0.3, 0.4) is 0 Å². The Morgan fingerprint density at radius 3 is 2.45 bits per heavy atom. The first-order valence-electron chi connectivity index (χ1n) is 10.6. The smallest absolute Gasteiger partial charge is 0.244 e. The summed E-state index contributed by atoms with van der Waals surface area (Å²) in [6.07, 6.45) is 2.57. The van der Waals surface area contributed by atoms with Gasteiger partial charge in [0.2, 0.25) is 15.9 Å². The van der Waals surface area contributed by atoms with E-state index in [0.717, 1.165) is 35.1 Å². The highest BCUT2D eigenvalue weighted by Crippen LogP contribution is 2.40. The van der Waals surface area contributed by atoms with Crippen LogP contribution in [0.2, 0.25) is 0 Å². The zero-order chi connectivity index (χ0) is 23.0. The largest absolute Gasteiger partial charge is 0.487 e. The van der Waals surface area contributed by atoms with Crippen LogP contribution in [-0.2, 0) is 21.2 Å². The molecule has 0 aliphatic carbocycles. The molecule has 2 aromatic carbocycles. The third-order valence-electron chi connectivity index (χ3n) is 5.63. The lowest BCUT2D eigenvalue weighted by molar-refractivity contribution is -0.123. The molecule has 0 bridgehead atoms. The van der Waals surface area contributed by atoms with Gasteiger partial charge in [0.15, 0.2) is 0 Å². The molecule has 0 saturated carbocycles. The summed E-state index contributed by atoms with van der Waals surface area (Å²) in [6.45, 7) is 9.61. The molecule has 1 aliphatic heterocycles. The van der Waals surface area contributed by atoms with Crippen LogP contribution in [0.5, 0.6) is 5.75 Å². The third kappa shape index (κ3) is 5.21. The molecule has 0 fully saturated rings. The molecule has 3 rings (SSSR count). The summed E-state index contributed by atoms with van der Waals surface area (Å²) in [7, 11) is -3.66. The number of hydrogen-bond donors (Lipinski definition) is 1. The predicted octanol–water partition coefficient (Wildman–Crippen LogP) is 4.13. The first-order chi connectivity index (χ1) is 14.4. The van der Waals surface area contributed by atoms with Gasteiger partial charge in [-0.2, -0.15) is 0 Å². The molecule has 0 aromatic heterocycles. The Bertz CT molecular complexity index is 1060. The Balaban J connectivity index is 1.89. The first-order valence-corrected chi connectivity index (χ1v) is 12.4. The zero-order valence-corrected chi connectivity index (χ0v) is 19.9. The lowest BCUT2D eigenvalue weighted by atomic mass is 9.89. The maximum absolute atomic E-state index is 13.2. The summed E-state index contributed by atoms with van der Waals surface area (Å²) in [6, 6.07) is 12.0. The molecule has 0 spiro atoms. The SMILES string of the molecule is CCc1ccc(N(C(C)C(=O)NC2CC(C)(C)Oc3ccc(C)cc32)S(C)(=O)=O)cc1. The summed E-state index contributed by atoms with van der Waals surface area (Å²) in [4.78, 5) is 13.2. The number of benzene rings is 2. The number of amides is 1. The minimum absolute atomic E-state index is 0.266. The highest BCUT2D eigenvalue weighted by molar-refractivity contribution is 7.92. The van der Waals surface area contributed by atoms with Gasteiger partial charge in [0.05, 0.1) is 18.0 Å². The van der Waals surface area contributed by atoms with E-state index in [1.807, 2.05) is 58.0 Å². The minimum atomic E-state index is -3.66. The Kier molecular flexibility index (Phi) is 6.37. The Labute approximate surface area is 185 Å². The van der Waals surface area contributed by atoms with Crippen molar-refractivity contribution in [3.8, 4) is 5.75 Å². The van der Waals surface area contributed by atoms with Crippen molar-refractivity contribution in [3.05, 3.63) is 59.2 Å². The van der Waals surface area contributed by atoms with E-state index >= 15 is 0 Å². The van der Waals surface area contributed by atoms with E-state index in [-0.39, 0.29) is 11.9 Å². The third-order valence-corrected chi connectivity index (χ3v) is 6.87. The summed E-state index contributed by atoms with van der Waals surface area (Å²) in [5.74, 6) is 0.398. The number of hydrogen-bond acceptors (Lipinski definition) is 4. The van der Waals surface area contributed by atoms with Gasteiger partial charge in [-0.25, -0.2) is 8.42 Å². The van der Waals surface area contributed by atoms with Gasteiger partial charge in [-0.3, -0.25) is 9.10 Å². The maximum atomic E-state index is 13.2.